The van der Waals surface area contributed by atoms with E-state index in [2.05, 4.69) is 15.4 Å². The minimum atomic E-state index is -0.287. The van der Waals surface area contributed by atoms with Gasteiger partial charge in [0.1, 0.15) is 11.5 Å². The molecular formula is C21H23N5O2. The lowest BCUT2D eigenvalue weighted by atomic mass is 9.98. The van der Waals surface area contributed by atoms with Crippen molar-refractivity contribution >= 4 is 11.7 Å². The van der Waals surface area contributed by atoms with Gasteiger partial charge >= 0.3 is 0 Å². The summed E-state index contributed by atoms with van der Waals surface area (Å²) in [6.45, 7) is 3.98. The molecule has 4 rings (SSSR count). The predicted molar refractivity (Wildman–Crippen MR) is 105 cm³/mol. The van der Waals surface area contributed by atoms with E-state index in [4.69, 9.17) is 4.98 Å². The molecule has 0 radical (unpaired) electrons. The maximum Gasteiger partial charge on any atom is 0.270 e. The number of Topliss-reactive ketones (excluding diaryl/α,β-unsaturated/α-hetero) is 1. The number of ketones is 1. The van der Waals surface area contributed by atoms with Crippen LogP contribution in [0.5, 0.6) is 0 Å². The minimum Gasteiger partial charge on any atom is -0.346 e. The molecule has 1 fully saturated rings. The Morgan fingerprint density at radius 2 is 2.04 bits per heavy atom. The van der Waals surface area contributed by atoms with Crippen molar-refractivity contribution in [3.05, 3.63) is 52.6 Å². The van der Waals surface area contributed by atoms with Crippen LogP contribution < -0.4 is 5.32 Å². The molecule has 1 saturated carbocycles. The molecule has 2 heterocycles. The Morgan fingerprint density at radius 3 is 2.68 bits per heavy atom. The van der Waals surface area contributed by atoms with Crippen molar-refractivity contribution in [2.75, 3.05) is 6.54 Å². The lowest BCUT2D eigenvalue weighted by molar-refractivity contribution is -0.115. The summed E-state index contributed by atoms with van der Waals surface area (Å²) in [6.07, 6.45) is 7.91. The molecule has 2 aliphatic carbocycles. The number of rotatable bonds is 5. The number of nitrogens with zero attached hydrogens (tertiary/aromatic N) is 4. The maximum atomic E-state index is 12.9. The van der Waals surface area contributed by atoms with E-state index in [9.17, 15) is 9.59 Å². The topological polar surface area (TPSA) is 89.8 Å². The van der Waals surface area contributed by atoms with Crippen LogP contribution in [0.25, 0.3) is 11.4 Å². The molecule has 2 aromatic rings. The van der Waals surface area contributed by atoms with Gasteiger partial charge in [-0.2, -0.15) is 5.10 Å². The Kier molecular flexibility index (Phi) is 4.66. The van der Waals surface area contributed by atoms with E-state index in [0.717, 1.165) is 29.8 Å². The van der Waals surface area contributed by atoms with E-state index in [-0.39, 0.29) is 18.2 Å². The summed E-state index contributed by atoms with van der Waals surface area (Å²) in [5.41, 5.74) is 4.30. The Balaban J connectivity index is 1.63. The van der Waals surface area contributed by atoms with Gasteiger partial charge in [0.15, 0.2) is 5.78 Å². The summed E-state index contributed by atoms with van der Waals surface area (Å²) in [5.74, 6) is 0.785. The lowest BCUT2D eigenvalue weighted by Gasteiger charge is -2.14. The summed E-state index contributed by atoms with van der Waals surface area (Å²) in [6, 6.07) is 1.88. The summed E-state index contributed by atoms with van der Waals surface area (Å²) < 4.78 is 1.74. The van der Waals surface area contributed by atoms with Gasteiger partial charge in [0.05, 0.1) is 11.4 Å². The number of carbonyl (C=O) groups is 2. The third kappa shape index (κ3) is 3.52. The second-order valence-electron chi connectivity index (χ2n) is 7.51. The van der Waals surface area contributed by atoms with Crippen LogP contribution in [-0.4, -0.2) is 38.0 Å². The zero-order chi connectivity index (χ0) is 19.8. The molecule has 7 heteroatoms. The Labute approximate surface area is 163 Å². The molecule has 28 heavy (non-hydrogen) atoms. The number of hydrogen-bond acceptors (Lipinski definition) is 5. The van der Waals surface area contributed by atoms with Crippen molar-refractivity contribution in [2.24, 2.45) is 7.05 Å². The Hall–Kier alpha value is -3.09. The van der Waals surface area contributed by atoms with Crippen molar-refractivity contribution in [1.82, 2.24) is 25.1 Å². The highest BCUT2D eigenvalue weighted by Gasteiger charge is 2.30. The van der Waals surface area contributed by atoms with Crippen molar-refractivity contribution in [2.45, 2.75) is 39.0 Å². The van der Waals surface area contributed by atoms with E-state index in [1.54, 1.807) is 17.0 Å². The Bertz CT molecular complexity index is 1030. The van der Waals surface area contributed by atoms with Crippen molar-refractivity contribution in [3.8, 4) is 11.4 Å². The number of carbonyl (C=O) groups excluding carboxylic acids is 2. The number of amides is 1. The lowest BCUT2D eigenvalue weighted by Crippen LogP contribution is -2.30. The summed E-state index contributed by atoms with van der Waals surface area (Å²) in [7, 11) is 1.85. The number of aromatic nitrogens is 4. The second-order valence-corrected chi connectivity index (χ2v) is 7.51. The van der Waals surface area contributed by atoms with Gasteiger partial charge in [0, 0.05) is 43.3 Å². The molecule has 2 aromatic heterocycles. The first kappa shape index (κ1) is 18.3. The van der Waals surface area contributed by atoms with Gasteiger partial charge in [-0.25, -0.2) is 9.97 Å². The normalized spacial score (nSPS) is 16.6. The molecule has 144 valence electrons. The number of allylic oxidation sites excluding steroid dienone is 3. The summed E-state index contributed by atoms with van der Waals surface area (Å²) in [4.78, 5) is 34.3. The third-order valence-electron chi connectivity index (χ3n) is 5.19. The average Bonchev–Trinajstić information content (AvgIpc) is 3.42. The highest BCUT2D eigenvalue weighted by Crippen LogP contribution is 2.39. The first-order chi connectivity index (χ1) is 13.4. The van der Waals surface area contributed by atoms with Gasteiger partial charge in [-0.15, -0.1) is 0 Å². The number of nitrogens with one attached hydrogen (secondary N) is 1. The molecule has 1 amide bonds. The average molecular weight is 377 g/mol. The second kappa shape index (κ2) is 7.14. The molecule has 0 bridgehead atoms. The monoisotopic (exact) mass is 377 g/mol. The number of hydrogen-bond donors (Lipinski definition) is 1. The number of aryl methyl sites for hydroxylation is 1. The van der Waals surface area contributed by atoms with Gasteiger partial charge < -0.3 is 5.32 Å². The molecule has 2 aliphatic rings. The molecule has 0 spiro atoms. The van der Waals surface area contributed by atoms with Crippen LogP contribution in [0.4, 0.5) is 0 Å². The molecule has 7 nitrogen and oxygen atoms in total. The molecule has 1 N–H and O–H groups in total. The first-order valence-electron chi connectivity index (χ1n) is 9.48. The highest BCUT2D eigenvalue weighted by molar-refractivity contribution is 6.00. The maximum absolute atomic E-state index is 12.9. The molecular weight excluding hydrogens is 354 g/mol. The standard InChI is InChI=1S/C21H23N5O2/c1-12-4-5-15(17(27)10-12)11-22-21(28)19-13(2)18(16-8-9-23-26(16)3)24-20(25-19)14-6-7-14/h4-5,8-9,14H,6-7,10-11H2,1-3H3,(H,22,28). The quantitative estimate of drug-likeness (QED) is 0.865. The predicted octanol–water partition coefficient (Wildman–Crippen LogP) is 2.64. The van der Waals surface area contributed by atoms with Crippen LogP contribution in [0.2, 0.25) is 0 Å². The molecule has 0 aliphatic heterocycles. The SMILES string of the molecule is CC1=CC=C(CNC(=O)c2nc(C3CC3)nc(-c3ccnn3C)c2C)C(=O)C1. The molecule has 0 saturated heterocycles. The van der Waals surface area contributed by atoms with Crippen LogP contribution in [0.15, 0.2) is 35.6 Å². The van der Waals surface area contributed by atoms with E-state index in [0.29, 0.717) is 35.0 Å². The van der Waals surface area contributed by atoms with Crippen LogP contribution in [-0.2, 0) is 11.8 Å². The van der Waals surface area contributed by atoms with E-state index in [1.165, 1.54) is 0 Å². The van der Waals surface area contributed by atoms with Gasteiger partial charge in [0.25, 0.3) is 5.91 Å². The fourth-order valence-electron chi connectivity index (χ4n) is 3.31. The van der Waals surface area contributed by atoms with Gasteiger partial charge in [-0.3, -0.25) is 14.3 Å². The minimum absolute atomic E-state index is 0.0500. The largest absolute Gasteiger partial charge is 0.346 e. The molecule has 0 atom stereocenters. The smallest absolute Gasteiger partial charge is 0.270 e. The van der Waals surface area contributed by atoms with Gasteiger partial charge in [-0.05, 0) is 32.8 Å². The zero-order valence-electron chi connectivity index (χ0n) is 16.3. The fourth-order valence-corrected chi connectivity index (χ4v) is 3.31. The van der Waals surface area contributed by atoms with Crippen molar-refractivity contribution in [3.63, 3.8) is 0 Å². The van der Waals surface area contributed by atoms with Crippen molar-refractivity contribution in [1.29, 1.82) is 0 Å². The van der Waals surface area contributed by atoms with Crippen molar-refractivity contribution < 1.29 is 9.59 Å². The summed E-state index contributed by atoms with van der Waals surface area (Å²) >= 11 is 0. The van der Waals surface area contributed by atoms with Gasteiger partial charge in [-0.1, -0.05) is 17.7 Å². The van der Waals surface area contributed by atoms with E-state index in [1.807, 2.05) is 33.0 Å². The first-order valence-corrected chi connectivity index (χ1v) is 9.48. The van der Waals surface area contributed by atoms with Crippen LogP contribution in [0.3, 0.4) is 0 Å². The Morgan fingerprint density at radius 1 is 1.25 bits per heavy atom. The fraction of sp³-hybridized carbons (Fsp3) is 0.381. The molecule has 0 unspecified atom stereocenters. The van der Waals surface area contributed by atoms with Gasteiger partial charge in [0.2, 0.25) is 0 Å². The van der Waals surface area contributed by atoms with E-state index < -0.39 is 0 Å². The third-order valence-corrected chi connectivity index (χ3v) is 5.19. The molecule has 0 aromatic carbocycles. The van der Waals surface area contributed by atoms with Crippen LogP contribution in [0.1, 0.15) is 54.0 Å². The van der Waals surface area contributed by atoms with Crippen LogP contribution >= 0.6 is 0 Å². The van der Waals surface area contributed by atoms with Crippen LogP contribution in [0, 0.1) is 6.92 Å². The van der Waals surface area contributed by atoms with E-state index >= 15 is 0 Å². The zero-order valence-corrected chi connectivity index (χ0v) is 16.3. The highest BCUT2D eigenvalue weighted by atomic mass is 16.2. The summed E-state index contributed by atoms with van der Waals surface area (Å²) in [5, 5.41) is 7.07.